The normalized spacial score (nSPS) is 11.0. The van der Waals surface area contributed by atoms with Gasteiger partial charge in [0.2, 0.25) is 0 Å². The van der Waals surface area contributed by atoms with E-state index in [1.54, 1.807) is 0 Å². The van der Waals surface area contributed by atoms with Gasteiger partial charge in [-0.3, -0.25) is 0 Å². The van der Waals surface area contributed by atoms with Crippen LogP contribution in [-0.2, 0) is 6.54 Å². The molecule has 2 rings (SSSR count). The molecule has 0 unspecified atom stereocenters. The molecule has 2 aromatic rings. The Morgan fingerprint density at radius 3 is 2.92 bits per heavy atom. The molecule has 13 heavy (non-hydrogen) atoms. The fourth-order valence-corrected chi connectivity index (χ4v) is 1.90. The minimum absolute atomic E-state index is 0.595. The molecule has 1 aromatic carbocycles. The summed E-state index contributed by atoms with van der Waals surface area (Å²) in [6.45, 7) is 2.68. The Kier molecular flexibility index (Phi) is 2.14. The number of rotatable bonds is 1. The van der Waals surface area contributed by atoms with Crippen LogP contribution in [0.15, 0.2) is 22.8 Å². The Morgan fingerprint density at radius 1 is 1.46 bits per heavy atom. The van der Waals surface area contributed by atoms with Crippen molar-refractivity contribution >= 4 is 26.8 Å². The Labute approximate surface area is 85.3 Å². The molecule has 0 spiro atoms. The molecule has 0 aliphatic rings. The summed E-state index contributed by atoms with van der Waals surface area (Å²) in [6, 6.07) is 6.24. The summed E-state index contributed by atoms with van der Waals surface area (Å²) in [5.41, 5.74) is 9.14. The second-order valence-corrected chi connectivity index (χ2v) is 3.94. The van der Waals surface area contributed by atoms with Gasteiger partial charge in [0.25, 0.3) is 0 Å². The molecule has 3 heteroatoms. The summed E-state index contributed by atoms with van der Waals surface area (Å²) >= 11 is 3.47. The van der Waals surface area contributed by atoms with Crippen molar-refractivity contribution in [3.05, 3.63) is 33.9 Å². The van der Waals surface area contributed by atoms with Crippen molar-refractivity contribution in [2.75, 3.05) is 0 Å². The van der Waals surface area contributed by atoms with Gasteiger partial charge in [0.1, 0.15) is 0 Å². The maximum atomic E-state index is 5.58. The molecular formula is C10H11BrN2. The summed E-state index contributed by atoms with van der Waals surface area (Å²) in [7, 11) is 0. The van der Waals surface area contributed by atoms with Crippen LogP contribution < -0.4 is 5.73 Å². The molecule has 0 aliphatic heterocycles. The van der Waals surface area contributed by atoms with Gasteiger partial charge >= 0.3 is 0 Å². The Bertz CT molecular complexity index is 445. The number of H-pyrrole nitrogens is 1. The van der Waals surface area contributed by atoms with E-state index in [1.807, 2.05) is 6.07 Å². The van der Waals surface area contributed by atoms with Crippen molar-refractivity contribution in [2.24, 2.45) is 5.73 Å². The highest BCUT2D eigenvalue weighted by atomic mass is 79.9. The first-order chi connectivity index (χ1) is 6.22. The third-order valence-corrected chi connectivity index (χ3v) is 3.09. The lowest BCUT2D eigenvalue weighted by Crippen LogP contribution is -1.95. The number of benzene rings is 1. The fourth-order valence-electron chi connectivity index (χ4n) is 1.47. The highest BCUT2D eigenvalue weighted by Crippen LogP contribution is 2.26. The minimum Gasteiger partial charge on any atom is -0.349 e. The zero-order chi connectivity index (χ0) is 9.42. The molecule has 0 saturated carbocycles. The van der Waals surface area contributed by atoms with E-state index in [4.69, 9.17) is 5.73 Å². The van der Waals surface area contributed by atoms with Gasteiger partial charge in [0.15, 0.2) is 0 Å². The molecule has 0 aliphatic carbocycles. The van der Waals surface area contributed by atoms with E-state index in [0.29, 0.717) is 6.54 Å². The topological polar surface area (TPSA) is 41.8 Å². The van der Waals surface area contributed by atoms with E-state index in [-0.39, 0.29) is 0 Å². The first-order valence-corrected chi connectivity index (χ1v) is 4.98. The van der Waals surface area contributed by atoms with Crippen molar-refractivity contribution in [3.8, 4) is 0 Å². The second-order valence-electron chi connectivity index (χ2n) is 3.15. The molecule has 0 fully saturated rings. The fraction of sp³-hybridized carbons (Fsp3) is 0.200. The number of halogens is 1. The highest BCUT2D eigenvalue weighted by molar-refractivity contribution is 9.10. The monoisotopic (exact) mass is 238 g/mol. The maximum absolute atomic E-state index is 5.58. The lowest BCUT2D eigenvalue weighted by molar-refractivity contribution is 1.08. The van der Waals surface area contributed by atoms with Crippen molar-refractivity contribution < 1.29 is 0 Å². The van der Waals surface area contributed by atoms with Gasteiger partial charge in [-0.2, -0.15) is 0 Å². The maximum Gasteiger partial charge on any atom is 0.0860 e. The number of hydrogen-bond acceptors (Lipinski definition) is 1. The molecule has 0 amide bonds. The third-order valence-electron chi connectivity index (χ3n) is 2.30. The van der Waals surface area contributed by atoms with Gasteiger partial charge in [-0.15, -0.1) is 0 Å². The van der Waals surface area contributed by atoms with E-state index in [9.17, 15) is 0 Å². The van der Waals surface area contributed by atoms with E-state index >= 15 is 0 Å². The molecular weight excluding hydrogens is 228 g/mol. The molecule has 3 N–H and O–H groups in total. The lowest BCUT2D eigenvalue weighted by atomic mass is 10.1. The van der Waals surface area contributed by atoms with Crippen molar-refractivity contribution in [3.63, 3.8) is 0 Å². The molecule has 68 valence electrons. The van der Waals surface area contributed by atoms with E-state index in [2.05, 4.69) is 40.0 Å². The zero-order valence-electron chi connectivity index (χ0n) is 7.39. The van der Waals surface area contributed by atoms with Gasteiger partial charge < -0.3 is 10.7 Å². The smallest absolute Gasteiger partial charge is 0.0860 e. The third kappa shape index (κ3) is 1.38. The number of nitrogens with two attached hydrogens (primary N) is 1. The van der Waals surface area contributed by atoms with Gasteiger partial charge in [-0.1, -0.05) is 6.07 Å². The first-order valence-electron chi connectivity index (χ1n) is 4.19. The number of fused-ring (bicyclic) bond motifs is 1. The summed E-state index contributed by atoms with van der Waals surface area (Å²) in [6.07, 6.45) is 0. The Hall–Kier alpha value is -0.800. The Morgan fingerprint density at radius 2 is 2.23 bits per heavy atom. The van der Waals surface area contributed by atoms with Crippen molar-refractivity contribution in [1.29, 1.82) is 0 Å². The van der Waals surface area contributed by atoms with Crippen LogP contribution in [0.5, 0.6) is 0 Å². The van der Waals surface area contributed by atoms with Crippen LogP contribution >= 0.6 is 15.9 Å². The molecule has 0 saturated heterocycles. The standard InChI is InChI=1S/C10H11BrN2/c1-6-8-4-7(5-12)2-3-9(8)13-10(6)11/h2-4,13H,5,12H2,1H3. The average Bonchev–Trinajstić information content (AvgIpc) is 2.43. The van der Waals surface area contributed by atoms with Crippen LogP contribution in [-0.4, -0.2) is 4.98 Å². The predicted molar refractivity (Wildman–Crippen MR) is 58.6 cm³/mol. The molecule has 2 nitrogen and oxygen atoms in total. The molecule has 0 bridgehead atoms. The predicted octanol–water partition coefficient (Wildman–Crippen LogP) is 2.70. The molecule has 0 radical (unpaired) electrons. The van der Waals surface area contributed by atoms with Gasteiger partial charge in [0.05, 0.1) is 4.60 Å². The lowest BCUT2D eigenvalue weighted by Gasteiger charge is -1.96. The Balaban J connectivity index is 2.75. The average molecular weight is 239 g/mol. The molecule has 0 atom stereocenters. The largest absolute Gasteiger partial charge is 0.349 e. The van der Waals surface area contributed by atoms with Gasteiger partial charge in [0, 0.05) is 17.4 Å². The van der Waals surface area contributed by atoms with Crippen molar-refractivity contribution in [1.82, 2.24) is 4.98 Å². The second kappa shape index (κ2) is 3.16. The number of hydrogen-bond donors (Lipinski definition) is 2. The quantitative estimate of drug-likeness (QED) is 0.789. The van der Waals surface area contributed by atoms with Gasteiger partial charge in [-0.05, 0) is 46.1 Å². The summed E-state index contributed by atoms with van der Waals surface area (Å²) in [4.78, 5) is 3.25. The summed E-state index contributed by atoms with van der Waals surface area (Å²) < 4.78 is 1.05. The van der Waals surface area contributed by atoms with E-state index < -0.39 is 0 Å². The highest BCUT2D eigenvalue weighted by Gasteiger charge is 2.04. The first kappa shape index (κ1) is 8.78. The molecule has 1 heterocycles. The number of aryl methyl sites for hydroxylation is 1. The van der Waals surface area contributed by atoms with Crippen LogP contribution in [0, 0.1) is 6.92 Å². The zero-order valence-corrected chi connectivity index (χ0v) is 8.98. The summed E-state index contributed by atoms with van der Waals surface area (Å²) in [5.74, 6) is 0. The number of aromatic nitrogens is 1. The van der Waals surface area contributed by atoms with Crippen LogP contribution in [0.3, 0.4) is 0 Å². The van der Waals surface area contributed by atoms with Crippen LogP contribution in [0.1, 0.15) is 11.1 Å². The van der Waals surface area contributed by atoms with Crippen LogP contribution in [0.4, 0.5) is 0 Å². The van der Waals surface area contributed by atoms with E-state index in [0.717, 1.165) is 10.1 Å². The SMILES string of the molecule is Cc1c(Br)[nH]c2ccc(CN)cc12. The van der Waals surface area contributed by atoms with Crippen LogP contribution in [0.2, 0.25) is 0 Å². The summed E-state index contributed by atoms with van der Waals surface area (Å²) in [5, 5.41) is 1.25. The minimum atomic E-state index is 0.595. The van der Waals surface area contributed by atoms with Crippen LogP contribution in [0.25, 0.3) is 10.9 Å². The molecule has 1 aromatic heterocycles. The number of aromatic amines is 1. The number of nitrogens with one attached hydrogen (secondary N) is 1. The van der Waals surface area contributed by atoms with E-state index in [1.165, 1.54) is 16.5 Å². The van der Waals surface area contributed by atoms with Crippen molar-refractivity contribution in [2.45, 2.75) is 13.5 Å². The van der Waals surface area contributed by atoms with Gasteiger partial charge in [-0.25, -0.2) is 0 Å².